The molecule has 6 heteroatoms. The summed E-state index contributed by atoms with van der Waals surface area (Å²) in [6.07, 6.45) is 0. The molecule has 0 saturated carbocycles. The molecule has 0 radical (unpaired) electrons. The van der Waals surface area contributed by atoms with E-state index in [1.54, 1.807) is 0 Å². The maximum Gasteiger partial charge on any atom is 0.137 e. The molecule has 2 aromatic heterocycles. The highest BCUT2D eigenvalue weighted by atomic mass is 15.4. The van der Waals surface area contributed by atoms with Crippen LogP contribution in [0.1, 0.15) is 36.2 Å². The summed E-state index contributed by atoms with van der Waals surface area (Å²) in [5.41, 5.74) is 10.8. The number of nitrogens with zero attached hydrogens (tertiary/aromatic N) is 6. The largest absolute Gasteiger partial charge is 0.355 e. The van der Waals surface area contributed by atoms with Crippen LogP contribution in [-0.2, 0) is 11.1 Å². The summed E-state index contributed by atoms with van der Waals surface area (Å²) in [6.45, 7) is 6.23. The van der Waals surface area contributed by atoms with E-state index in [1.165, 1.54) is 50.2 Å². The Morgan fingerprint density at radius 1 is 0.436 bits per heavy atom. The van der Waals surface area contributed by atoms with E-state index in [1.807, 2.05) is 0 Å². The summed E-state index contributed by atoms with van der Waals surface area (Å²) in [4.78, 5) is 15.4. The first-order valence-corrected chi connectivity index (χ1v) is 19.2. The average molecular weight is 717 g/mol. The summed E-state index contributed by atoms with van der Waals surface area (Å²) in [5.74, 6) is 0.900. The molecule has 0 saturated heterocycles. The lowest BCUT2D eigenvalue weighted by molar-refractivity contribution is 0.516. The lowest BCUT2D eigenvalue weighted by Crippen LogP contribution is -2.47. The topological polar surface area (TPSA) is 30.8 Å². The quantitative estimate of drug-likeness (QED) is 0.164. The van der Waals surface area contributed by atoms with Gasteiger partial charge in [-0.3, -0.25) is 4.57 Å². The number of fused-ring (bicyclic) bond motifs is 5. The molecule has 0 amide bonds. The molecule has 0 N–H and O–H groups in total. The number of pyridine rings is 1. The van der Waals surface area contributed by atoms with Crippen molar-refractivity contribution in [3.8, 4) is 5.82 Å². The smallest absolute Gasteiger partial charge is 0.137 e. The third-order valence-electron chi connectivity index (χ3n) is 12.3. The molecule has 0 spiro atoms. The van der Waals surface area contributed by atoms with E-state index in [9.17, 15) is 0 Å². The molecular formula is C49H44N6. The number of hydrogen-bond acceptors (Lipinski definition) is 5. The molecule has 8 aromatic rings. The van der Waals surface area contributed by atoms with Gasteiger partial charge in [0.05, 0.1) is 58.4 Å². The predicted molar refractivity (Wildman–Crippen MR) is 229 cm³/mol. The molecule has 4 heterocycles. The van der Waals surface area contributed by atoms with E-state index in [0.29, 0.717) is 0 Å². The molecule has 270 valence electrons. The third-order valence-corrected chi connectivity index (χ3v) is 12.3. The minimum absolute atomic E-state index is 0.464. The number of anilines is 4. The number of para-hydroxylation sites is 5. The molecule has 2 atom stereocenters. The number of aromatic nitrogens is 2. The molecule has 55 heavy (non-hydrogen) atoms. The maximum absolute atomic E-state index is 5.66. The van der Waals surface area contributed by atoms with Crippen molar-refractivity contribution >= 4 is 44.6 Å². The molecule has 2 aliphatic heterocycles. The zero-order valence-electron chi connectivity index (χ0n) is 31.8. The summed E-state index contributed by atoms with van der Waals surface area (Å²) >= 11 is 0. The summed E-state index contributed by atoms with van der Waals surface area (Å²) in [5, 5.41) is 2.42. The van der Waals surface area contributed by atoms with Crippen LogP contribution < -0.4 is 19.6 Å². The van der Waals surface area contributed by atoms with Crippen molar-refractivity contribution in [2.45, 2.75) is 24.9 Å². The first-order chi connectivity index (χ1) is 26.9. The first-order valence-electron chi connectivity index (χ1n) is 19.2. The van der Waals surface area contributed by atoms with Gasteiger partial charge in [0.25, 0.3) is 0 Å². The highest BCUT2D eigenvalue weighted by Gasteiger charge is 2.43. The molecular weight excluding hydrogens is 673 g/mol. The van der Waals surface area contributed by atoms with Crippen LogP contribution in [0.15, 0.2) is 170 Å². The number of benzene rings is 6. The van der Waals surface area contributed by atoms with Crippen LogP contribution in [0.5, 0.6) is 0 Å². The fraction of sp³-hybridized carbons (Fsp3) is 0.163. The first kappa shape index (κ1) is 33.1. The van der Waals surface area contributed by atoms with Crippen molar-refractivity contribution in [2.24, 2.45) is 0 Å². The third kappa shape index (κ3) is 4.90. The van der Waals surface area contributed by atoms with E-state index in [2.05, 4.69) is 222 Å². The Balaban J connectivity index is 1.19. The molecule has 1 unspecified atom stereocenters. The fourth-order valence-electron chi connectivity index (χ4n) is 9.31. The zero-order chi connectivity index (χ0) is 37.3. The SMILES string of the molecule is CN1CN(C(C)(c2ccccc2)c2ccc3c4ccccc4n(-c4cccc([C@](C)(c5ccccc5)N5CN(C)c6ccccc65)n4)c3c2)c2ccccc21. The van der Waals surface area contributed by atoms with Crippen LogP contribution in [0.4, 0.5) is 22.7 Å². The van der Waals surface area contributed by atoms with Crippen molar-refractivity contribution in [3.63, 3.8) is 0 Å². The number of rotatable bonds is 7. The van der Waals surface area contributed by atoms with Gasteiger partial charge in [0.2, 0.25) is 0 Å². The van der Waals surface area contributed by atoms with Gasteiger partial charge in [-0.2, -0.15) is 0 Å². The Hall–Kier alpha value is -6.53. The lowest BCUT2D eigenvalue weighted by atomic mass is 9.82. The summed E-state index contributed by atoms with van der Waals surface area (Å²) in [7, 11) is 4.36. The van der Waals surface area contributed by atoms with Gasteiger partial charge in [-0.05, 0) is 79.1 Å². The average Bonchev–Trinajstić information content (AvgIpc) is 3.89. The van der Waals surface area contributed by atoms with E-state index in [0.717, 1.165) is 35.9 Å². The van der Waals surface area contributed by atoms with Crippen LogP contribution >= 0.6 is 0 Å². The van der Waals surface area contributed by atoms with Gasteiger partial charge < -0.3 is 19.6 Å². The van der Waals surface area contributed by atoms with Gasteiger partial charge in [0.1, 0.15) is 11.4 Å². The standard InChI is InChI=1S/C49H44N6/c1-48(35-18-7-5-8-19-35,53-33-51(3)41-24-13-15-26-43(41)53)37-30-31-39-38-22-11-12-23-40(38)55(45(39)32-37)47-29-17-28-46(50-47)49(2,36-20-9-6-10-21-36)54-34-52(4)42-25-14-16-27-44(42)54/h5-32H,33-34H2,1-4H3/t48?,49-/m0/s1. The van der Waals surface area contributed by atoms with Crippen LogP contribution in [0, 0.1) is 0 Å². The molecule has 0 aliphatic carbocycles. The van der Waals surface area contributed by atoms with Gasteiger partial charge in [0, 0.05) is 24.9 Å². The maximum atomic E-state index is 5.66. The van der Waals surface area contributed by atoms with Crippen molar-refractivity contribution in [1.82, 2.24) is 9.55 Å². The lowest BCUT2D eigenvalue weighted by Gasteiger charge is -2.42. The second-order valence-electron chi connectivity index (χ2n) is 15.4. The Morgan fingerprint density at radius 2 is 0.945 bits per heavy atom. The van der Waals surface area contributed by atoms with Gasteiger partial charge in [-0.25, -0.2) is 4.98 Å². The minimum atomic E-state index is -0.552. The Bertz CT molecular complexity index is 2700. The molecule has 6 nitrogen and oxygen atoms in total. The van der Waals surface area contributed by atoms with Gasteiger partial charge in [-0.1, -0.05) is 121 Å². The Morgan fingerprint density at radius 3 is 1.58 bits per heavy atom. The zero-order valence-corrected chi connectivity index (χ0v) is 31.8. The van der Waals surface area contributed by atoms with Crippen LogP contribution in [0.25, 0.3) is 27.6 Å². The Labute approximate surface area is 323 Å². The summed E-state index contributed by atoms with van der Waals surface area (Å²) in [6, 6.07) is 61.6. The second kappa shape index (κ2) is 12.5. The molecule has 10 rings (SSSR count). The highest BCUT2D eigenvalue weighted by Crippen LogP contribution is 2.48. The molecule has 0 bridgehead atoms. The van der Waals surface area contributed by atoms with Gasteiger partial charge >= 0.3 is 0 Å². The van der Waals surface area contributed by atoms with E-state index in [4.69, 9.17) is 4.98 Å². The Kier molecular flexibility index (Phi) is 7.53. The predicted octanol–water partition coefficient (Wildman–Crippen LogP) is 10.5. The second-order valence-corrected chi connectivity index (χ2v) is 15.4. The van der Waals surface area contributed by atoms with Gasteiger partial charge in [-0.15, -0.1) is 0 Å². The van der Waals surface area contributed by atoms with E-state index < -0.39 is 11.1 Å². The fourth-order valence-corrected chi connectivity index (χ4v) is 9.31. The normalized spacial score (nSPS) is 16.0. The van der Waals surface area contributed by atoms with Crippen LogP contribution in [0.2, 0.25) is 0 Å². The number of hydrogen-bond donors (Lipinski definition) is 0. The highest BCUT2D eigenvalue weighted by molar-refractivity contribution is 6.09. The van der Waals surface area contributed by atoms with Crippen LogP contribution in [-0.4, -0.2) is 37.0 Å². The van der Waals surface area contributed by atoms with Gasteiger partial charge in [0.15, 0.2) is 0 Å². The molecule has 2 aliphatic rings. The van der Waals surface area contributed by atoms with Crippen molar-refractivity contribution in [3.05, 3.63) is 192 Å². The summed E-state index contributed by atoms with van der Waals surface area (Å²) < 4.78 is 2.38. The molecule has 0 fully saturated rings. The van der Waals surface area contributed by atoms with Crippen molar-refractivity contribution < 1.29 is 0 Å². The van der Waals surface area contributed by atoms with E-state index >= 15 is 0 Å². The van der Waals surface area contributed by atoms with Crippen molar-refractivity contribution in [1.29, 1.82) is 0 Å². The monoisotopic (exact) mass is 716 g/mol. The van der Waals surface area contributed by atoms with E-state index in [-0.39, 0.29) is 0 Å². The molecule has 6 aromatic carbocycles. The van der Waals surface area contributed by atoms with Crippen LogP contribution in [0.3, 0.4) is 0 Å². The van der Waals surface area contributed by atoms with Crippen molar-refractivity contribution in [2.75, 3.05) is 47.0 Å². The minimum Gasteiger partial charge on any atom is -0.355 e.